The molecule has 0 radical (unpaired) electrons. The summed E-state index contributed by atoms with van der Waals surface area (Å²) in [6.07, 6.45) is 11.4. The van der Waals surface area contributed by atoms with E-state index in [0.717, 1.165) is 22.3 Å². The molecular weight excluding hydrogens is 326 g/mol. The number of fused-ring (bicyclic) bond motifs is 1. The number of pyridine rings is 1. The summed E-state index contributed by atoms with van der Waals surface area (Å²) in [5, 5.41) is 8.65. The van der Waals surface area contributed by atoms with Crippen molar-refractivity contribution in [3.63, 3.8) is 0 Å². The van der Waals surface area contributed by atoms with Crippen molar-refractivity contribution in [3.05, 3.63) is 53.8 Å². The standard InChI is InChI=1S/C16H18ClN7/c1-11(23-4-3-5-24(23)18)13-6-14(17)15-8-19-10-22(15)16(13)12-7-20-21(2)9-12/h3-4,6-11H,5,18H2,1-2H3. The van der Waals surface area contributed by atoms with Crippen LogP contribution in [0.4, 0.5) is 0 Å². The lowest BCUT2D eigenvalue weighted by molar-refractivity contribution is 0.0158. The summed E-state index contributed by atoms with van der Waals surface area (Å²) >= 11 is 6.49. The summed E-state index contributed by atoms with van der Waals surface area (Å²) in [6, 6.07) is 2.00. The van der Waals surface area contributed by atoms with Crippen LogP contribution in [-0.4, -0.2) is 35.8 Å². The predicted molar refractivity (Wildman–Crippen MR) is 92.7 cm³/mol. The molecule has 1 unspecified atom stereocenters. The van der Waals surface area contributed by atoms with Crippen LogP contribution in [0.1, 0.15) is 18.5 Å². The van der Waals surface area contributed by atoms with Gasteiger partial charge in [-0.2, -0.15) is 10.2 Å². The van der Waals surface area contributed by atoms with Crippen molar-refractivity contribution < 1.29 is 0 Å². The third kappa shape index (κ3) is 2.29. The van der Waals surface area contributed by atoms with Gasteiger partial charge in [-0.1, -0.05) is 11.6 Å². The van der Waals surface area contributed by atoms with E-state index in [4.69, 9.17) is 17.4 Å². The molecule has 1 atom stereocenters. The Morgan fingerprint density at radius 3 is 2.83 bits per heavy atom. The Hall–Kier alpha value is -2.35. The number of hydrogen-bond acceptors (Lipinski definition) is 5. The zero-order valence-electron chi connectivity index (χ0n) is 13.5. The molecule has 124 valence electrons. The van der Waals surface area contributed by atoms with Crippen LogP contribution in [0.25, 0.3) is 16.8 Å². The van der Waals surface area contributed by atoms with Gasteiger partial charge in [-0.15, -0.1) is 0 Å². The fourth-order valence-electron chi connectivity index (χ4n) is 3.17. The first-order chi connectivity index (χ1) is 11.6. The fourth-order valence-corrected chi connectivity index (χ4v) is 3.43. The number of aryl methyl sites for hydroxylation is 1. The van der Waals surface area contributed by atoms with Crippen LogP contribution in [0.3, 0.4) is 0 Å². The van der Waals surface area contributed by atoms with Crippen molar-refractivity contribution in [2.24, 2.45) is 12.9 Å². The topological polar surface area (TPSA) is 67.6 Å². The molecule has 4 heterocycles. The molecule has 0 bridgehead atoms. The van der Waals surface area contributed by atoms with Crippen LogP contribution in [0.2, 0.25) is 5.02 Å². The first-order valence-electron chi connectivity index (χ1n) is 7.67. The molecule has 0 aromatic carbocycles. The van der Waals surface area contributed by atoms with E-state index in [-0.39, 0.29) is 6.04 Å². The van der Waals surface area contributed by atoms with Crippen molar-refractivity contribution in [1.82, 2.24) is 29.3 Å². The number of imidazole rings is 1. The van der Waals surface area contributed by atoms with Crippen LogP contribution in [0.5, 0.6) is 0 Å². The summed E-state index contributed by atoms with van der Waals surface area (Å²) in [7, 11) is 1.90. The third-order valence-electron chi connectivity index (χ3n) is 4.35. The second-order valence-corrected chi connectivity index (χ2v) is 6.32. The monoisotopic (exact) mass is 343 g/mol. The SMILES string of the molecule is CC(c1cc(Cl)c2cncn2c1-c1cnn(C)c1)N1C=CCN1N. The molecule has 0 aliphatic carbocycles. The highest BCUT2D eigenvalue weighted by Gasteiger charge is 2.25. The summed E-state index contributed by atoms with van der Waals surface area (Å²) < 4.78 is 3.79. The number of nitrogens with two attached hydrogens (primary N) is 1. The van der Waals surface area contributed by atoms with E-state index in [0.29, 0.717) is 11.6 Å². The largest absolute Gasteiger partial charge is 0.297 e. The minimum atomic E-state index is 0.00764. The zero-order chi connectivity index (χ0) is 16.8. The maximum atomic E-state index is 6.49. The first-order valence-corrected chi connectivity index (χ1v) is 8.04. The van der Waals surface area contributed by atoms with E-state index in [1.807, 2.05) is 47.2 Å². The first kappa shape index (κ1) is 15.2. The summed E-state index contributed by atoms with van der Waals surface area (Å²) in [5.41, 5.74) is 3.94. The van der Waals surface area contributed by atoms with E-state index < -0.39 is 0 Å². The quantitative estimate of drug-likeness (QED) is 0.739. The predicted octanol–water partition coefficient (Wildman–Crippen LogP) is 2.37. The number of halogens is 1. The second kappa shape index (κ2) is 5.62. The molecule has 3 aromatic heterocycles. The molecule has 1 aliphatic heterocycles. The zero-order valence-corrected chi connectivity index (χ0v) is 14.2. The van der Waals surface area contributed by atoms with Crippen LogP contribution < -0.4 is 5.84 Å². The van der Waals surface area contributed by atoms with Gasteiger partial charge in [-0.25, -0.2) is 4.98 Å². The Bertz CT molecular complexity index is 926. The fraction of sp³-hybridized carbons (Fsp3) is 0.250. The van der Waals surface area contributed by atoms with Gasteiger partial charge >= 0.3 is 0 Å². The molecule has 0 saturated carbocycles. The van der Waals surface area contributed by atoms with Gasteiger partial charge in [-0.05, 0) is 19.1 Å². The van der Waals surface area contributed by atoms with E-state index in [2.05, 4.69) is 17.0 Å². The lowest BCUT2D eigenvalue weighted by atomic mass is 10.0. The number of nitrogens with zero attached hydrogens (tertiary/aromatic N) is 6. The van der Waals surface area contributed by atoms with Gasteiger partial charge in [0.2, 0.25) is 0 Å². The summed E-state index contributed by atoms with van der Waals surface area (Å²) in [4.78, 5) is 4.26. The Morgan fingerprint density at radius 1 is 1.33 bits per heavy atom. The van der Waals surface area contributed by atoms with Gasteiger partial charge in [0.05, 0.1) is 47.5 Å². The lowest BCUT2D eigenvalue weighted by Crippen LogP contribution is -2.42. The lowest BCUT2D eigenvalue weighted by Gasteiger charge is -2.32. The molecule has 4 rings (SSSR count). The van der Waals surface area contributed by atoms with Crippen molar-refractivity contribution in [3.8, 4) is 11.3 Å². The molecule has 0 amide bonds. The summed E-state index contributed by atoms with van der Waals surface area (Å²) in [5.74, 6) is 6.07. The highest BCUT2D eigenvalue weighted by atomic mass is 35.5. The van der Waals surface area contributed by atoms with Gasteiger partial charge < -0.3 is 0 Å². The molecule has 1 aliphatic rings. The smallest absolute Gasteiger partial charge is 0.0997 e. The normalized spacial score (nSPS) is 16.4. The molecule has 2 N–H and O–H groups in total. The highest BCUT2D eigenvalue weighted by Crippen LogP contribution is 2.36. The number of hydrazine groups is 2. The minimum absolute atomic E-state index is 0.00764. The third-order valence-corrected chi connectivity index (χ3v) is 4.65. The average Bonchev–Trinajstić information content (AvgIpc) is 3.27. The number of rotatable bonds is 3. The molecule has 0 spiro atoms. The van der Waals surface area contributed by atoms with Crippen LogP contribution >= 0.6 is 11.6 Å². The number of hydrogen-bond donors (Lipinski definition) is 1. The van der Waals surface area contributed by atoms with Gasteiger partial charge in [0.15, 0.2) is 0 Å². The maximum Gasteiger partial charge on any atom is 0.0997 e. The molecule has 7 nitrogen and oxygen atoms in total. The van der Waals surface area contributed by atoms with E-state index in [9.17, 15) is 0 Å². The van der Waals surface area contributed by atoms with Crippen molar-refractivity contribution in [1.29, 1.82) is 0 Å². The molecular formula is C16H18ClN7. The molecule has 0 saturated heterocycles. The molecule has 24 heavy (non-hydrogen) atoms. The highest BCUT2D eigenvalue weighted by molar-refractivity contribution is 6.34. The van der Waals surface area contributed by atoms with Crippen LogP contribution in [0.15, 0.2) is 43.3 Å². The maximum absolute atomic E-state index is 6.49. The summed E-state index contributed by atoms with van der Waals surface area (Å²) in [6.45, 7) is 2.79. The van der Waals surface area contributed by atoms with Gasteiger partial charge in [-0.3, -0.25) is 19.9 Å². The number of aromatic nitrogens is 4. The van der Waals surface area contributed by atoms with Crippen LogP contribution in [0, 0.1) is 0 Å². The van der Waals surface area contributed by atoms with E-state index >= 15 is 0 Å². The minimum Gasteiger partial charge on any atom is -0.297 e. The Balaban J connectivity index is 1.95. The van der Waals surface area contributed by atoms with Crippen molar-refractivity contribution >= 4 is 17.1 Å². The average molecular weight is 344 g/mol. The molecule has 3 aromatic rings. The Morgan fingerprint density at radius 2 is 2.17 bits per heavy atom. The molecule has 8 heteroatoms. The van der Waals surface area contributed by atoms with Gasteiger partial charge in [0.25, 0.3) is 0 Å². The molecule has 0 fully saturated rings. The Kier molecular flexibility index (Phi) is 3.56. The Labute approximate surface area is 144 Å². The van der Waals surface area contributed by atoms with Gasteiger partial charge in [0, 0.05) is 30.6 Å². The van der Waals surface area contributed by atoms with Crippen LogP contribution in [-0.2, 0) is 7.05 Å². The van der Waals surface area contributed by atoms with Crippen molar-refractivity contribution in [2.75, 3.05) is 6.54 Å². The van der Waals surface area contributed by atoms with E-state index in [1.54, 1.807) is 22.3 Å². The van der Waals surface area contributed by atoms with E-state index in [1.165, 1.54) is 0 Å². The second-order valence-electron chi connectivity index (χ2n) is 5.91. The van der Waals surface area contributed by atoms with Gasteiger partial charge in [0.1, 0.15) is 0 Å². The van der Waals surface area contributed by atoms with Crippen molar-refractivity contribution in [2.45, 2.75) is 13.0 Å².